The molecular weight excluding hydrogens is 379 g/mol. The predicted octanol–water partition coefficient (Wildman–Crippen LogP) is 3.76. The summed E-state index contributed by atoms with van der Waals surface area (Å²) in [5.41, 5.74) is 0.920. The van der Waals surface area contributed by atoms with E-state index in [0.717, 1.165) is 0 Å². The van der Waals surface area contributed by atoms with Gasteiger partial charge in [-0.2, -0.15) is 0 Å². The fraction of sp³-hybridized carbons (Fsp3) is 0.222. The topological polar surface area (TPSA) is 67.9 Å². The Morgan fingerprint density at radius 3 is 2.54 bits per heavy atom. The molecule has 0 aliphatic carbocycles. The van der Waals surface area contributed by atoms with Crippen LogP contribution in [0.5, 0.6) is 11.5 Å². The molecular formula is C18H16Cl2N2O4. The number of amides is 2. The first-order valence-electron chi connectivity index (χ1n) is 7.86. The third kappa shape index (κ3) is 4.20. The SMILES string of the molecule is CC(=O)N(CC(=O)Nc1ccc2c(c1)OCCO2)c1cc(Cl)ccc1Cl. The largest absolute Gasteiger partial charge is 0.486 e. The lowest BCUT2D eigenvalue weighted by atomic mass is 10.2. The molecule has 1 N–H and O–H groups in total. The highest BCUT2D eigenvalue weighted by Crippen LogP contribution is 2.33. The number of nitrogens with zero attached hydrogens (tertiary/aromatic N) is 1. The maximum atomic E-state index is 12.4. The molecule has 8 heteroatoms. The minimum Gasteiger partial charge on any atom is -0.486 e. The Hall–Kier alpha value is -2.44. The molecule has 0 bridgehead atoms. The molecule has 2 aromatic rings. The van der Waals surface area contributed by atoms with Gasteiger partial charge >= 0.3 is 0 Å². The highest BCUT2D eigenvalue weighted by Gasteiger charge is 2.19. The fourth-order valence-electron chi connectivity index (χ4n) is 2.52. The van der Waals surface area contributed by atoms with Crippen LogP contribution in [0.3, 0.4) is 0 Å². The van der Waals surface area contributed by atoms with E-state index in [1.165, 1.54) is 11.8 Å². The second-order valence-electron chi connectivity index (χ2n) is 5.61. The van der Waals surface area contributed by atoms with E-state index in [9.17, 15) is 9.59 Å². The molecule has 0 saturated carbocycles. The molecule has 0 aromatic heterocycles. The van der Waals surface area contributed by atoms with Crippen LogP contribution in [0.2, 0.25) is 10.0 Å². The molecule has 0 unspecified atom stereocenters. The van der Waals surface area contributed by atoms with E-state index in [1.54, 1.807) is 36.4 Å². The monoisotopic (exact) mass is 394 g/mol. The molecule has 1 heterocycles. The Balaban J connectivity index is 1.74. The molecule has 1 aliphatic heterocycles. The average Bonchev–Trinajstić information content (AvgIpc) is 2.61. The van der Waals surface area contributed by atoms with Crippen molar-refractivity contribution in [2.24, 2.45) is 0 Å². The number of carbonyl (C=O) groups excluding carboxylic acids is 2. The number of carbonyl (C=O) groups is 2. The van der Waals surface area contributed by atoms with E-state index in [-0.39, 0.29) is 18.4 Å². The van der Waals surface area contributed by atoms with Gasteiger partial charge in [-0.3, -0.25) is 9.59 Å². The zero-order chi connectivity index (χ0) is 18.7. The van der Waals surface area contributed by atoms with Crippen LogP contribution in [-0.2, 0) is 9.59 Å². The Labute approximate surface area is 160 Å². The summed E-state index contributed by atoms with van der Waals surface area (Å²) in [5, 5.41) is 3.49. The number of rotatable bonds is 4. The van der Waals surface area contributed by atoms with Gasteiger partial charge in [-0.05, 0) is 30.3 Å². The molecule has 0 fully saturated rings. The first-order chi connectivity index (χ1) is 12.4. The second-order valence-corrected chi connectivity index (χ2v) is 6.45. The average molecular weight is 395 g/mol. The summed E-state index contributed by atoms with van der Waals surface area (Å²) in [6.45, 7) is 2.10. The van der Waals surface area contributed by atoms with Crippen LogP contribution >= 0.6 is 23.2 Å². The molecule has 3 rings (SSSR count). The normalized spacial score (nSPS) is 12.4. The van der Waals surface area contributed by atoms with Crippen LogP contribution in [0.1, 0.15) is 6.92 Å². The number of hydrogen-bond donors (Lipinski definition) is 1. The number of hydrogen-bond acceptors (Lipinski definition) is 4. The molecule has 2 amide bonds. The highest BCUT2D eigenvalue weighted by atomic mass is 35.5. The molecule has 136 valence electrons. The molecule has 0 saturated heterocycles. The van der Waals surface area contributed by atoms with Gasteiger partial charge in [-0.15, -0.1) is 0 Å². The summed E-state index contributed by atoms with van der Waals surface area (Å²) in [7, 11) is 0. The van der Waals surface area contributed by atoms with Crippen molar-refractivity contribution in [3.05, 3.63) is 46.4 Å². The summed E-state index contributed by atoms with van der Waals surface area (Å²) in [6.07, 6.45) is 0. The Kier molecular flexibility index (Phi) is 5.54. The highest BCUT2D eigenvalue weighted by molar-refractivity contribution is 6.35. The lowest BCUT2D eigenvalue weighted by Crippen LogP contribution is -2.36. The lowest BCUT2D eigenvalue weighted by molar-refractivity contribution is -0.120. The standard InChI is InChI=1S/C18H16Cl2N2O4/c1-11(23)22(15-8-12(19)2-4-14(15)20)10-18(24)21-13-3-5-16-17(9-13)26-7-6-25-16/h2-5,8-9H,6-7,10H2,1H3,(H,21,24). The smallest absolute Gasteiger partial charge is 0.244 e. The summed E-state index contributed by atoms with van der Waals surface area (Å²) in [5.74, 6) is 0.486. The molecule has 6 nitrogen and oxygen atoms in total. The number of benzene rings is 2. The molecule has 0 spiro atoms. The Morgan fingerprint density at radius 1 is 1.08 bits per heavy atom. The summed E-state index contributed by atoms with van der Waals surface area (Å²) < 4.78 is 10.9. The number of halogens is 2. The van der Waals surface area contributed by atoms with Crippen molar-refractivity contribution in [2.75, 3.05) is 30.0 Å². The third-order valence-electron chi connectivity index (χ3n) is 3.71. The zero-order valence-electron chi connectivity index (χ0n) is 13.9. The Bertz CT molecular complexity index is 857. The van der Waals surface area contributed by atoms with E-state index >= 15 is 0 Å². The van der Waals surface area contributed by atoms with Gasteiger partial charge in [0, 0.05) is 23.7 Å². The van der Waals surface area contributed by atoms with Gasteiger partial charge in [-0.1, -0.05) is 23.2 Å². The zero-order valence-corrected chi connectivity index (χ0v) is 15.4. The van der Waals surface area contributed by atoms with E-state index in [0.29, 0.717) is 46.1 Å². The van der Waals surface area contributed by atoms with E-state index in [4.69, 9.17) is 32.7 Å². The molecule has 2 aromatic carbocycles. The van der Waals surface area contributed by atoms with E-state index < -0.39 is 0 Å². The predicted molar refractivity (Wildman–Crippen MR) is 101 cm³/mol. The van der Waals surface area contributed by atoms with Crippen molar-refractivity contribution in [2.45, 2.75) is 6.92 Å². The third-order valence-corrected chi connectivity index (χ3v) is 4.26. The van der Waals surface area contributed by atoms with Crippen LogP contribution in [0, 0.1) is 0 Å². The molecule has 1 aliphatic rings. The van der Waals surface area contributed by atoms with Crippen LogP contribution in [-0.4, -0.2) is 31.6 Å². The van der Waals surface area contributed by atoms with Crippen molar-refractivity contribution in [3.8, 4) is 11.5 Å². The summed E-state index contributed by atoms with van der Waals surface area (Å²) in [6, 6.07) is 9.84. The summed E-state index contributed by atoms with van der Waals surface area (Å²) in [4.78, 5) is 25.7. The van der Waals surface area contributed by atoms with Crippen LogP contribution in [0.15, 0.2) is 36.4 Å². The van der Waals surface area contributed by atoms with Gasteiger partial charge in [0.2, 0.25) is 11.8 Å². The van der Waals surface area contributed by atoms with E-state index in [2.05, 4.69) is 5.32 Å². The van der Waals surface area contributed by atoms with Crippen LogP contribution in [0.4, 0.5) is 11.4 Å². The van der Waals surface area contributed by atoms with Gasteiger partial charge in [0.1, 0.15) is 19.8 Å². The van der Waals surface area contributed by atoms with Crippen LogP contribution < -0.4 is 19.7 Å². The summed E-state index contributed by atoms with van der Waals surface area (Å²) >= 11 is 12.1. The van der Waals surface area contributed by atoms with E-state index in [1.807, 2.05) is 0 Å². The first-order valence-corrected chi connectivity index (χ1v) is 8.62. The number of ether oxygens (including phenoxy) is 2. The van der Waals surface area contributed by atoms with Gasteiger partial charge in [0.15, 0.2) is 11.5 Å². The van der Waals surface area contributed by atoms with Crippen molar-refractivity contribution >= 4 is 46.4 Å². The number of fused-ring (bicyclic) bond motifs is 1. The fourth-order valence-corrected chi connectivity index (χ4v) is 2.91. The van der Waals surface area contributed by atoms with Gasteiger partial charge in [0.05, 0.1) is 10.7 Å². The van der Waals surface area contributed by atoms with Gasteiger partial charge < -0.3 is 19.7 Å². The lowest BCUT2D eigenvalue weighted by Gasteiger charge is -2.22. The molecule has 0 radical (unpaired) electrons. The Morgan fingerprint density at radius 2 is 1.81 bits per heavy atom. The first kappa shape index (κ1) is 18.4. The second kappa shape index (κ2) is 7.85. The maximum Gasteiger partial charge on any atom is 0.244 e. The van der Waals surface area contributed by atoms with Gasteiger partial charge in [0.25, 0.3) is 0 Å². The molecule has 0 atom stereocenters. The quantitative estimate of drug-likeness (QED) is 0.856. The van der Waals surface area contributed by atoms with Crippen molar-refractivity contribution in [3.63, 3.8) is 0 Å². The van der Waals surface area contributed by atoms with Crippen molar-refractivity contribution in [1.82, 2.24) is 0 Å². The van der Waals surface area contributed by atoms with Crippen molar-refractivity contribution < 1.29 is 19.1 Å². The van der Waals surface area contributed by atoms with Gasteiger partial charge in [-0.25, -0.2) is 0 Å². The molecule has 26 heavy (non-hydrogen) atoms. The maximum absolute atomic E-state index is 12.4. The minimum absolute atomic E-state index is 0.205. The number of anilines is 2. The minimum atomic E-state index is -0.382. The van der Waals surface area contributed by atoms with Crippen LogP contribution in [0.25, 0.3) is 0 Å². The van der Waals surface area contributed by atoms with Crippen molar-refractivity contribution in [1.29, 1.82) is 0 Å². The number of nitrogens with one attached hydrogen (secondary N) is 1.